The van der Waals surface area contributed by atoms with Crippen LogP contribution in [0, 0.1) is 17.2 Å². The molecule has 1 spiro atoms. The predicted molar refractivity (Wildman–Crippen MR) is 152 cm³/mol. The van der Waals surface area contributed by atoms with Crippen molar-refractivity contribution in [2.24, 2.45) is 16.5 Å². The van der Waals surface area contributed by atoms with E-state index in [4.69, 9.17) is 14.3 Å². The van der Waals surface area contributed by atoms with E-state index in [0.29, 0.717) is 19.1 Å². The van der Waals surface area contributed by atoms with Crippen molar-refractivity contribution in [1.82, 2.24) is 9.80 Å². The Bertz CT molecular complexity index is 1210. The molecule has 1 aromatic carbocycles. The van der Waals surface area contributed by atoms with E-state index in [0.717, 1.165) is 69.8 Å². The van der Waals surface area contributed by atoms with Crippen molar-refractivity contribution in [3.05, 3.63) is 53.4 Å². The Kier molecular flexibility index (Phi) is 7.28. The van der Waals surface area contributed by atoms with E-state index in [9.17, 15) is 9.18 Å². The van der Waals surface area contributed by atoms with Gasteiger partial charge in [-0.05, 0) is 75.6 Å². The van der Waals surface area contributed by atoms with Crippen LogP contribution in [0.25, 0.3) is 5.57 Å². The highest BCUT2D eigenvalue weighted by Crippen LogP contribution is 2.54. The van der Waals surface area contributed by atoms with Gasteiger partial charge in [0.1, 0.15) is 17.3 Å². The fourth-order valence-corrected chi connectivity index (χ4v) is 7.11. The average Bonchev–Trinajstić information content (AvgIpc) is 3.70. The Balaban J connectivity index is 1.06. The van der Waals surface area contributed by atoms with Crippen molar-refractivity contribution in [2.45, 2.75) is 70.5 Å². The molecule has 0 radical (unpaired) electrons. The SMILES string of the molecule is CCOC(=O)C1(C)CCN(C2=NOC3(C2)CN(CC2=CC=C(c4ccc(F)cc4)C(OCC)(C4CC4)C2)C3)CC1. The lowest BCUT2D eigenvalue weighted by Gasteiger charge is -2.47. The zero-order chi connectivity index (χ0) is 28.0. The molecule has 5 aliphatic rings. The van der Waals surface area contributed by atoms with Crippen molar-refractivity contribution in [3.8, 4) is 0 Å². The van der Waals surface area contributed by atoms with Crippen molar-refractivity contribution in [3.63, 3.8) is 0 Å². The first kappa shape index (κ1) is 27.5. The Hall–Kier alpha value is -2.71. The quantitative estimate of drug-likeness (QED) is 0.415. The number of likely N-dealkylation sites (tertiary alicyclic amines) is 2. The van der Waals surface area contributed by atoms with Crippen LogP contribution in [0.3, 0.4) is 0 Å². The number of amidine groups is 1. The van der Waals surface area contributed by atoms with Crippen LogP contribution in [-0.2, 0) is 19.1 Å². The number of hydrogen-bond donors (Lipinski definition) is 0. The van der Waals surface area contributed by atoms with Crippen LogP contribution in [0.5, 0.6) is 0 Å². The number of esters is 1. The average molecular weight is 552 g/mol. The molecular formula is C32H42FN3O4. The summed E-state index contributed by atoms with van der Waals surface area (Å²) in [5, 5.41) is 4.50. The Morgan fingerprint density at radius 3 is 2.45 bits per heavy atom. The number of carbonyl (C=O) groups is 1. The number of piperidine rings is 1. The summed E-state index contributed by atoms with van der Waals surface area (Å²) in [6, 6.07) is 6.84. The largest absolute Gasteiger partial charge is 0.466 e. The van der Waals surface area contributed by atoms with E-state index in [2.05, 4.69) is 34.0 Å². The standard InChI is InChI=1S/C32H42FN3O4/c1-4-38-29(37)30(3)14-16-36(17-15-30)28-19-31(40-34-28)21-35(22-31)20-23-6-13-27(24-7-11-26(33)12-8-24)32(18-23,39-5-2)25-9-10-25/h6-8,11-13,25H,4-5,9-10,14-22H2,1-3H3. The van der Waals surface area contributed by atoms with Gasteiger partial charge in [0.15, 0.2) is 5.60 Å². The molecule has 8 heteroatoms. The fraction of sp³-hybridized carbons (Fsp3) is 0.625. The van der Waals surface area contributed by atoms with Crippen molar-refractivity contribution in [2.75, 3.05) is 45.9 Å². The van der Waals surface area contributed by atoms with Gasteiger partial charge >= 0.3 is 5.97 Å². The van der Waals surface area contributed by atoms with Gasteiger partial charge in [0.05, 0.1) is 18.4 Å². The number of oxime groups is 1. The lowest BCUT2D eigenvalue weighted by Crippen LogP contribution is -2.62. The van der Waals surface area contributed by atoms with Gasteiger partial charge in [-0.3, -0.25) is 9.69 Å². The first-order valence-corrected chi connectivity index (χ1v) is 15.0. The van der Waals surface area contributed by atoms with Crippen LogP contribution in [0.1, 0.15) is 64.9 Å². The first-order valence-electron chi connectivity index (χ1n) is 15.0. The van der Waals surface area contributed by atoms with E-state index < -0.39 is 5.41 Å². The summed E-state index contributed by atoms with van der Waals surface area (Å²) in [7, 11) is 0. The van der Waals surface area contributed by atoms with Gasteiger partial charge in [0, 0.05) is 45.8 Å². The van der Waals surface area contributed by atoms with Gasteiger partial charge in [-0.15, -0.1) is 0 Å². The molecule has 0 bridgehead atoms. The van der Waals surface area contributed by atoms with Crippen LogP contribution >= 0.6 is 0 Å². The normalized spacial score (nSPS) is 27.4. The van der Waals surface area contributed by atoms with Gasteiger partial charge in [-0.25, -0.2) is 4.39 Å². The maximum absolute atomic E-state index is 13.7. The van der Waals surface area contributed by atoms with Gasteiger partial charge < -0.3 is 19.2 Å². The third-order valence-electron chi connectivity index (χ3n) is 9.50. The van der Waals surface area contributed by atoms with E-state index in [1.807, 2.05) is 26.0 Å². The minimum Gasteiger partial charge on any atom is -0.466 e. The number of carbonyl (C=O) groups excluding carboxylic acids is 1. The van der Waals surface area contributed by atoms with Gasteiger partial charge in [-0.1, -0.05) is 35.0 Å². The number of benzene rings is 1. The monoisotopic (exact) mass is 551 g/mol. The lowest BCUT2D eigenvalue weighted by molar-refractivity contribution is -0.156. The van der Waals surface area contributed by atoms with E-state index in [-0.39, 0.29) is 23.0 Å². The highest BCUT2D eigenvalue weighted by molar-refractivity contribution is 5.85. The molecule has 1 unspecified atom stereocenters. The van der Waals surface area contributed by atoms with Crippen molar-refractivity contribution in [1.29, 1.82) is 0 Å². The molecule has 3 heterocycles. The zero-order valence-corrected chi connectivity index (χ0v) is 24.1. The summed E-state index contributed by atoms with van der Waals surface area (Å²) >= 11 is 0. The molecule has 0 aromatic heterocycles. The third kappa shape index (κ3) is 5.09. The second-order valence-corrected chi connectivity index (χ2v) is 12.6. The van der Waals surface area contributed by atoms with Crippen molar-refractivity contribution >= 4 is 17.4 Å². The van der Waals surface area contributed by atoms with Crippen LogP contribution in [0.4, 0.5) is 4.39 Å². The topological polar surface area (TPSA) is 63.6 Å². The smallest absolute Gasteiger partial charge is 0.311 e. The van der Waals surface area contributed by atoms with E-state index >= 15 is 0 Å². The molecule has 3 fully saturated rings. The summed E-state index contributed by atoms with van der Waals surface area (Å²) < 4.78 is 25.5. The van der Waals surface area contributed by atoms with Gasteiger partial charge in [-0.2, -0.15) is 0 Å². The maximum Gasteiger partial charge on any atom is 0.311 e. The molecule has 1 atom stereocenters. The lowest BCUT2D eigenvalue weighted by atomic mass is 9.75. The predicted octanol–water partition coefficient (Wildman–Crippen LogP) is 5.18. The number of ether oxygens (including phenoxy) is 2. The number of hydrogen-bond acceptors (Lipinski definition) is 7. The molecule has 1 saturated carbocycles. The first-order chi connectivity index (χ1) is 19.3. The molecule has 6 rings (SSSR count). The van der Waals surface area contributed by atoms with E-state index in [1.54, 1.807) is 12.1 Å². The number of allylic oxidation sites excluding steroid dienone is 2. The third-order valence-corrected chi connectivity index (χ3v) is 9.50. The minimum absolute atomic E-state index is 0.0861. The summed E-state index contributed by atoms with van der Waals surface area (Å²) in [6.07, 6.45) is 10.0. The molecule has 216 valence electrons. The molecule has 40 heavy (non-hydrogen) atoms. The molecular weight excluding hydrogens is 509 g/mol. The maximum atomic E-state index is 13.7. The fourth-order valence-electron chi connectivity index (χ4n) is 7.11. The van der Waals surface area contributed by atoms with Crippen LogP contribution in [0.2, 0.25) is 0 Å². The summed E-state index contributed by atoms with van der Waals surface area (Å²) in [4.78, 5) is 23.2. The Morgan fingerprint density at radius 1 is 1.07 bits per heavy atom. The van der Waals surface area contributed by atoms with E-state index in [1.165, 1.54) is 24.0 Å². The number of rotatable bonds is 8. The van der Waals surface area contributed by atoms with Crippen LogP contribution in [0.15, 0.2) is 47.1 Å². The molecule has 1 aromatic rings. The second-order valence-electron chi connectivity index (χ2n) is 12.6. The zero-order valence-electron chi connectivity index (χ0n) is 24.1. The Labute approximate surface area is 237 Å². The molecule has 7 nitrogen and oxygen atoms in total. The number of halogens is 1. The van der Waals surface area contributed by atoms with Gasteiger partial charge in [0.25, 0.3) is 0 Å². The summed E-state index contributed by atoms with van der Waals surface area (Å²) in [5.74, 6) is 1.21. The summed E-state index contributed by atoms with van der Waals surface area (Å²) in [6.45, 7) is 11.2. The molecule has 0 N–H and O–H groups in total. The molecule has 0 amide bonds. The van der Waals surface area contributed by atoms with Crippen LogP contribution in [-0.4, -0.2) is 78.7 Å². The molecule has 2 aliphatic carbocycles. The Morgan fingerprint density at radius 2 is 1.80 bits per heavy atom. The summed E-state index contributed by atoms with van der Waals surface area (Å²) in [5.41, 5.74) is 2.60. The van der Waals surface area contributed by atoms with Crippen LogP contribution < -0.4 is 0 Å². The van der Waals surface area contributed by atoms with Crippen molar-refractivity contribution < 1.29 is 23.5 Å². The minimum atomic E-state index is -0.409. The second kappa shape index (κ2) is 10.6. The highest BCUT2D eigenvalue weighted by atomic mass is 19.1. The number of nitrogens with zero attached hydrogens (tertiary/aromatic N) is 3. The highest BCUT2D eigenvalue weighted by Gasteiger charge is 2.53. The molecule has 2 saturated heterocycles. The van der Waals surface area contributed by atoms with Gasteiger partial charge in [0.2, 0.25) is 0 Å². The molecule has 3 aliphatic heterocycles.